The molecule has 0 unspecified atom stereocenters. The molecule has 0 aliphatic rings. The molecule has 0 aliphatic carbocycles. The highest BCUT2D eigenvalue weighted by atomic mass is 28.2. The minimum atomic E-state index is -0.789. The van der Waals surface area contributed by atoms with Gasteiger partial charge < -0.3 is 18.6 Å². The number of esters is 1. The van der Waals surface area contributed by atoms with Crippen LogP contribution in [0.25, 0.3) is 0 Å². The van der Waals surface area contributed by atoms with Gasteiger partial charge >= 0.3 is 5.97 Å². The van der Waals surface area contributed by atoms with E-state index in [1.54, 1.807) is 0 Å². The van der Waals surface area contributed by atoms with Crippen molar-refractivity contribution >= 4 is 15.7 Å². The Morgan fingerprint density at radius 1 is 1.38 bits per heavy atom. The Balaban J connectivity index is 3.46. The molecule has 0 aromatic carbocycles. The summed E-state index contributed by atoms with van der Waals surface area (Å²) in [6.07, 6.45) is 1.14. The van der Waals surface area contributed by atoms with Crippen molar-refractivity contribution < 1.29 is 23.4 Å². The van der Waals surface area contributed by atoms with E-state index in [4.69, 9.17) is 18.6 Å². The van der Waals surface area contributed by atoms with Crippen molar-refractivity contribution in [2.24, 2.45) is 0 Å². The monoisotopic (exact) mass is 248 g/mol. The van der Waals surface area contributed by atoms with E-state index < -0.39 is 22.2 Å². The highest BCUT2D eigenvalue weighted by Gasteiger charge is 2.07. The molecule has 16 heavy (non-hydrogen) atoms. The summed E-state index contributed by atoms with van der Waals surface area (Å²) in [6.45, 7) is 7.94. The number of hydrogen-bond donors (Lipinski definition) is 0. The standard InChI is InChI=1S/C10H20O5Si/c1-4-9(11)14-7-8-16-15-10(12-5-2)13-6-3/h4,10H,1,5-8,16H2,2-3H3. The van der Waals surface area contributed by atoms with Crippen molar-refractivity contribution in [1.29, 1.82) is 0 Å². The molecule has 0 saturated heterocycles. The van der Waals surface area contributed by atoms with E-state index in [2.05, 4.69) is 6.58 Å². The largest absolute Gasteiger partial charge is 0.463 e. The predicted octanol–water partition coefficient (Wildman–Crippen LogP) is 0.591. The van der Waals surface area contributed by atoms with E-state index in [-0.39, 0.29) is 0 Å². The lowest BCUT2D eigenvalue weighted by atomic mass is 10.6. The molecule has 6 heteroatoms. The maximum Gasteiger partial charge on any atom is 0.330 e. The fourth-order valence-electron chi connectivity index (χ4n) is 0.887. The number of ether oxygens (including phenoxy) is 3. The summed E-state index contributed by atoms with van der Waals surface area (Å²) in [5.74, 6) is -0.403. The molecule has 0 N–H and O–H groups in total. The Bertz CT molecular complexity index is 192. The lowest BCUT2D eigenvalue weighted by Gasteiger charge is -2.17. The summed E-state index contributed by atoms with van der Waals surface area (Å²) in [5.41, 5.74) is 0. The van der Waals surface area contributed by atoms with Gasteiger partial charge in [0.1, 0.15) is 0 Å². The van der Waals surface area contributed by atoms with Crippen LogP contribution in [-0.2, 0) is 23.4 Å². The van der Waals surface area contributed by atoms with Gasteiger partial charge in [0.15, 0.2) is 9.76 Å². The van der Waals surface area contributed by atoms with Crippen LogP contribution in [0, 0.1) is 0 Å². The van der Waals surface area contributed by atoms with Crippen molar-refractivity contribution in [3.8, 4) is 0 Å². The second-order valence-electron chi connectivity index (χ2n) is 2.80. The van der Waals surface area contributed by atoms with Gasteiger partial charge in [0, 0.05) is 19.3 Å². The van der Waals surface area contributed by atoms with E-state index in [0.29, 0.717) is 19.8 Å². The van der Waals surface area contributed by atoms with Crippen molar-refractivity contribution in [1.82, 2.24) is 0 Å². The molecule has 0 heterocycles. The molecule has 0 spiro atoms. The van der Waals surface area contributed by atoms with Crippen molar-refractivity contribution in [3.63, 3.8) is 0 Å². The Hall–Kier alpha value is -0.693. The van der Waals surface area contributed by atoms with Crippen LogP contribution in [-0.4, -0.2) is 42.0 Å². The molecule has 0 bridgehead atoms. The van der Waals surface area contributed by atoms with Crippen molar-refractivity contribution in [3.05, 3.63) is 12.7 Å². The van der Waals surface area contributed by atoms with Gasteiger partial charge in [-0.25, -0.2) is 4.79 Å². The van der Waals surface area contributed by atoms with E-state index in [1.165, 1.54) is 0 Å². The van der Waals surface area contributed by atoms with E-state index in [9.17, 15) is 4.79 Å². The third-order valence-corrected chi connectivity index (χ3v) is 2.64. The molecule has 0 fully saturated rings. The lowest BCUT2D eigenvalue weighted by molar-refractivity contribution is -0.243. The number of carbonyl (C=O) groups excluding carboxylic acids is 1. The Morgan fingerprint density at radius 3 is 2.50 bits per heavy atom. The predicted molar refractivity (Wildman–Crippen MR) is 62.6 cm³/mol. The summed E-state index contributed by atoms with van der Waals surface area (Å²) in [6, 6.07) is 0.732. The molecule has 0 rings (SSSR count). The first kappa shape index (κ1) is 15.3. The number of rotatable bonds is 10. The first-order valence-electron chi connectivity index (χ1n) is 5.38. The van der Waals surface area contributed by atoms with E-state index in [0.717, 1.165) is 12.1 Å². The van der Waals surface area contributed by atoms with Gasteiger partial charge in [-0.15, -0.1) is 0 Å². The lowest BCUT2D eigenvalue weighted by Crippen LogP contribution is -2.23. The Labute approximate surface area is 98.6 Å². The molecule has 0 amide bonds. The summed E-state index contributed by atoms with van der Waals surface area (Å²) < 4.78 is 20.6. The SMILES string of the molecule is C=CC(=O)OCC[SiH2]OC(OCC)OCC. The minimum Gasteiger partial charge on any atom is -0.463 e. The Kier molecular flexibility index (Phi) is 10.3. The molecule has 0 aromatic heterocycles. The minimum absolute atomic E-state index is 0.363. The molecule has 0 radical (unpaired) electrons. The van der Waals surface area contributed by atoms with Gasteiger partial charge in [0.2, 0.25) is 0 Å². The van der Waals surface area contributed by atoms with Crippen LogP contribution in [0.2, 0.25) is 6.04 Å². The zero-order chi connectivity index (χ0) is 12.2. The van der Waals surface area contributed by atoms with E-state index >= 15 is 0 Å². The van der Waals surface area contributed by atoms with Gasteiger partial charge in [-0.1, -0.05) is 6.58 Å². The molecular formula is C10H20O5Si. The normalized spacial score (nSPS) is 11.2. The average Bonchev–Trinajstić information content (AvgIpc) is 2.28. The first-order chi connectivity index (χ1) is 7.74. The quantitative estimate of drug-likeness (QED) is 0.186. The first-order valence-corrected chi connectivity index (χ1v) is 6.96. The molecule has 94 valence electrons. The molecule has 0 aliphatic heterocycles. The average molecular weight is 248 g/mol. The zero-order valence-corrected chi connectivity index (χ0v) is 11.4. The molecular weight excluding hydrogens is 228 g/mol. The van der Waals surface area contributed by atoms with Gasteiger partial charge in [0.05, 0.1) is 6.61 Å². The summed E-state index contributed by atoms with van der Waals surface area (Å²) in [5, 5.41) is 0. The highest BCUT2D eigenvalue weighted by Crippen LogP contribution is 1.98. The van der Waals surface area contributed by atoms with Crippen LogP contribution in [0.1, 0.15) is 13.8 Å². The van der Waals surface area contributed by atoms with Gasteiger partial charge in [-0.05, 0) is 19.9 Å². The van der Waals surface area contributed by atoms with Crippen molar-refractivity contribution in [2.45, 2.75) is 26.4 Å². The van der Waals surface area contributed by atoms with E-state index in [1.807, 2.05) is 13.8 Å². The van der Waals surface area contributed by atoms with Crippen molar-refractivity contribution in [2.75, 3.05) is 19.8 Å². The van der Waals surface area contributed by atoms with Crippen LogP contribution < -0.4 is 0 Å². The third kappa shape index (κ3) is 8.60. The van der Waals surface area contributed by atoms with Crippen LogP contribution in [0.4, 0.5) is 0 Å². The highest BCUT2D eigenvalue weighted by molar-refractivity contribution is 6.27. The summed E-state index contributed by atoms with van der Waals surface area (Å²) in [4.78, 5) is 10.7. The molecule has 0 atom stereocenters. The van der Waals surface area contributed by atoms with Crippen LogP contribution >= 0.6 is 0 Å². The van der Waals surface area contributed by atoms with Crippen LogP contribution in [0.15, 0.2) is 12.7 Å². The number of carbonyl (C=O) groups is 1. The molecule has 5 nitrogen and oxygen atoms in total. The second-order valence-corrected chi connectivity index (χ2v) is 4.24. The fraction of sp³-hybridized carbons (Fsp3) is 0.700. The second kappa shape index (κ2) is 10.8. The summed E-state index contributed by atoms with van der Waals surface area (Å²) in [7, 11) is -0.789. The maximum absolute atomic E-state index is 10.7. The van der Waals surface area contributed by atoms with Crippen LogP contribution in [0.5, 0.6) is 0 Å². The number of hydrogen-bond acceptors (Lipinski definition) is 5. The van der Waals surface area contributed by atoms with Crippen LogP contribution in [0.3, 0.4) is 0 Å². The fourth-order valence-corrected chi connectivity index (χ4v) is 1.70. The summed E-state index contributed by atoms with van der Waals surface area (Å²) >= 11 is 0. The smallest absolute Gasteiger partial charge is 0.330 e. The maximum atomic E-state index is 10.7. The van der Waals surface area contributed by atoms with Gasteiger partial charge in [-0.3, -0.25) is 0 Å². The molecule has 0 saturated carbocycles. The third-order valence-electron chi connectivity index (χ3n) is 1.56. The molecule has 0 aromatic rings. The van der Waals surface area contributed by atoms with Gasteiger partial charge in [-0.2, -0.15) is 0 Å². The zero-order valence-electron chi connectivity index (χ0n) is 9.94. The van der Waals surface area contributed by atoms with Gasteiger partial charge in [0.25, 0.3) is 6.48 Å². The Morgan fingerprint density at radius 2 is 2.00 bits per heavy atom. The topological polar surface area (TPSA) is 54.0 Å².